The summed E-state index contributed by atoms with van der Waals surface area (Å²) in [5, 5.41) is 0. The zero-order valence-electron chi connectivity index (χ0n) is 11.7. The minimum atomic E-state index is -2.95. The lowest BCUT2D eigenvalue weighted by Gasteiger charge is -2.32. The Morgan fingerprint density at radius 2 is 1.31 bits per heavy atom. The molecule has 0 aromatic heterocycles. The predicted molar refractivity (Wildman–Crippen MR) is 71.2 cm³/mol. The number of sulfonamides is 1. The van der Waals surface area contributed by atoms with Crippen molar-refractivity contribution < 1.29 is 8.42 Å². The van der Waals surface area contributed by atoms with Crippen molar-refractivity contribution in [3.63, 3.8) is 0 Å². The molecule has 1 heterocycles. The molecule has 1 aliphatic rings. The summed E-state index contributed by atoms with van der Waals surface area (Å²) < 4.78 is 23.7. The molecule has 0 aromatic carbocycles. The molecule has 1 rings (SSSR count). The minimum Gasteiger partial charge on any atom is -0.301 e. The third kappa shape index (κ3) is 7.19. The molecule has 0 bridgehead atoms. The van der Waals surface area contributed by atoms with Crippen molar-refractivity contribution in [2.75, 3.05) is 39.0 Å². The molecule has 16 heavy (non-hydrogen) atoms. The quantitative estimate of drug-likeness (QED) is 0.750. The van der Waals surface area contributed by atoms with Crippen molar-refractivity contribution in [2.45, 2.75) is 34.6 Å². The Morgan fingerprint density at radius 3 is 1.56 bits per heavy atom. The van der Waals surface area contributed by atoms with E-state index in [1.54, 1.807) is 4.31 Å². The van der Waals surface area contributed by atoms with Gasteiger partial charge in [-0.15, -0.1) is 0 Å². The molecule has 1 aliphatic heterocycles. The molecule has 1 fully saturated rings. The Bertz CT molecular complexity index is 232. The lowest BCUT2D eigenvalue weighted by Crippen LogP contribution is -2.48. The molecular formula is C11H28N2O2S. The zero-order chi connectivity index (χ0) is 13.2. The van der Waals surface area contributed by atoms with Gasteiger partial charge in [-0.2, -0.15) is 4.31 Å². The molecule has 1 saturated heterocycles. The van der Waals surface area contributed by atoms with Crippen LogP contribution < -0.4 is 0 Å². The molecule has 0 unspecified atom stereocenters. The summed E-state index contributed by atoms with van der Waals surface area (Å²) in [6.45, 7) is 14.1. The fourth-order valence-electron chi connectivity index (χ4n) is 1.38. The standard InChI is InChI=1S/C7H16N2O2S.2C2H6/c1-3-8-4-6-9(7-5-8)12(2,10)11;2*1-2/h3-7H2,1-2H3;2*1-2H3. The van der Waals surface area contributed by atoms with E-state index in [-0.39, 0.29) is 0 Å². The number of nitrogens with zero attached hydrogens (tertiary/aromatic N) is 2. The molecule has 5 heteroatoms. The highest BCUT2D eigenvalue weighted by Gasteiger charge is 2.21. The van der Waals surface area contributed by atoms with Crippen LogP contribution in [0.4, 0.5) is 0 Å². The summed E-state index contributed by atoms with van der Waals surface area (Å²) in [6.07, 6.45) is 1.27. The van der Waals surface area contributed by atoms with Crippen LogP contribution in [0, 0.1) is 0 Å². The Labute approximate surface area is 102 Å². The highest BCUT2D eigenvalue weighted by molar-refractivity contribution is 7.88. The van der Waals surface area contributed by atoms with Gasteiger partial charge in [-0.05, 0) is 6.54 Å². The van der Waals surface area contributed by atoms with Gasteiger partial charge in [0.2, 0.25) is 10.0 Å². The predicted octanol–water partition coefficient (Wildman–Crippen LogP) is 1.64. The van der Waals surface area contributed by atoms with E-state index >= 15 is 0 Å². The van der Waals surface area contributed by atoms with Gasteiger partial charge in [-0.1, -0.05) is 34.6 Å². The summed E-state index contributed by atoms with van der Waals surface area (Å²) in [4.78, 5) is 2.25. The first-order valence-corrected chi connectivity index (χ1v) is 8.06. The van der Waals surface area contributed by atoms with Crippen LogP contribution in [-0.4, -0.2) is 56.6 Å². The van der Waals surface area contributed by atoms with E-state index < -0.39 is 10.0 Å². The second-order valence-corrected chi connectivity index (χ2v) is 5.08. The number of hydrogen-bond acceptors (Lipinski definition) is 3. The molecule has 0 radical (unpaired) electrons. The van der Waals surface area contributed by atoms with Crippen molar-refractivity contribution in [1.82, 2.24) is 9.21 Å². The van der Waals surface area contributed by atoms with Crippen LogP contribution in [0.15, 0.2) is 0 Å². The average molecular weight is 252 g/mol. The third-order valence-electron chi connectivity index (χ3n) is 2.25. The second-order valence-electron chi connectivity index (χ2n) is 3.10. The molecule has 0 aromatic rings. The smallest absolute Gasteiger partial charge is 0.211 e. The summed E-state index contributed by atoms with van der Waals surface area (Å²) in [5.74, 6) is 0. The first kappa shape index (κ1) is 18.2. The Hall–Kier alpha value is -0.130. The summed E-state index contributed by atoms with van der Waals surface area (Å²) in [7, 11) is -2.95. The van der Waals surface area contributed by atoms with Gasteiger partial charge in [0.15, 0.2) is 0 Å². The minimum absolute atomic E-state index is 0.646. The first-order chi connectivity index (χ1) is 7.54. The van der Waals surface area contributed by atoms with Gasteiger partial charge in [0.1, 0.15) is 0 Å². The van der Waals surface area contributed by atoms with Crippen LogP contribution in [0.3, 0.4) is 0 Å². The maximum absolute atomic E-state index is 11.1. The maximum Gasteiger partial charge on any atom is 0.211 e. The van der Waals surface area contributed by atoms with Crippen LogP contribution in [0.5, 0.6) is 0 Å². The fourth-order valence-corrected chi connectivity index (χ4v) is 2.20. The molecule has 0 saturated carbocycles. The molecule has 4 nitrogen and oxygen atoms in total. The van der Waals surface area contributed by atoms with Crippen LogP contribution in [-0.2, 0) is 10.0 Å². The van der Waals surface area contributed by atoms with Gasteiger partial charge in [0, 0.05) is 26.2 Å². The Kier molecular flexibility index (Phi) is 11.5. The summed E-state index contributed by atoms with van der Waals surface area (Å²) in [6, 6.07) is 0. The Morgan fingerprint density at radius 1 is 0.938 bits per heavy atom. The molecule has 100 valence electrons. The topological polar surface area (TPSA) is 40.6 Å². The van der Waals surface area contributed by atoms with E-state index in [1.165, 1.54) is 6.26 Å². The third-order valence-corrected chi connectivity index (χ3v) is 3.55. The molecule has 0 aliphatic carbocycles. The van der Waals surface area contributed by atoms with Crippen molar-refractivity contribution >= 4 is 10.0 Å². The van der Waals surface area contributed by atoms with Gasteiger partial charge in [-0.25, -0.2) is 8.42 Å². The van der Waals surface area contributed by atoms with Gasteiger partial charge < -0.3 is 4.90 Å². The van der Waals surface area contributed by atoms with Crippen molar-refractivity contribution in [1.29, 1.82) is 0 Å². The highest BCUT2D eigenvalue weighted by atomic mass is 32.2. The van der Waals surface area contributed by atoms with E-state index in [4.69, 9.17) is 0 Å². The lowest BCUT2D eigenvalue weighted by molar-refractivity contribution is 0.197. The van der Waals surface area contributed by atoms with E-state index in [9.17, 15) is 8.42 Å². The maximum atomic E-state index is 11.1. The normalized spacial score (nSPS) is 17.9. The molecule has 0 spiro atoms. The van der Waals surface area contributed by atoms with Crippen LogP contribution in [0.25, 0.3) is 0 Å². The Balaban J connectivity index is 0. The van der Waals surface area contributed by atoms with Crippen LogP contribution in [0.2, 0.25) is 0 Å². The van der Waals surface area contributed by atoms with Gasteiger partial charge in [-0.3, -0.25) is 0 Å². The molecule has 0 amide bonds. The lowest BCUT2D eigenvalue weighted by atomic mass is 10.4. The summed E-state index contributed by atoms with van der Waals surface area (Å²) in [5.41, 5.74) is 0. The highest BCUT2D eigenvalue weighted by Crippen LogP contribution is 2.04. The summed E-state index contributed by atoms with van der Waals surface area (Å²) >= 11 is 0. The van der Waals surface area contributed by atoms with Crippen LogP contribution in [0.1, 0.15) is 34.6 Å². The zero-order valence-corrected chi connectivity index (χ0v) is 12.5. The molecular weight excluding hydrogens is 224 g/mol. The average Bonchev–Trinajstić information content (AvgIpc) is 2.33. The number of likely N-dealkylation sites (N-methyl/N-ethyl adjacent to an activating group) is 1. The van der Waals surface area contributed by atoms with Crippen molar-refractivity contribution in [3.05, 3.63) is 0 Å². The molecule has 0 atom stereocenters. The van der Waals surface area contributed by atoms with Gasteiger partial charge >= 0.3 is 0 Å². The van der Waals surface area contributed by atoms with Gasteiger partial charge in [0.05, 0.1) is 6.26 Å². The fraction of sp³-hybridized carbons (Fsp3) is 1.00. The second kappa shape index (κ2) is 10.1. The van der Waals surface area contributed by atoms with E-state index in [0.717, 1.165) is 19.6 Å². The number of hydrogen-bond donors (Lipinski definition) is 0. The number of rotatable bonds is 2. The van der Waals surface area contributed by atoms with Crippen molar-refractivity contribution in [3.8, 4) is 0 Å². The monoisotopic (exact) mass is 252 g/mol. The molecule has 0 N–H and O–H groups in total. The van der Waals surface area contributed by atoms with Gasteiger partial charge in [0.25, 0.3) is 0 Å². The van der Waals surface area contributed by atoms with E-state index in [1.807, 2.05) is 27.7 Å². The largest absolute Gasteiger partial charge is 0.301 e. The van der Waals surface area contributed by atoms with Crippen LogP contribution >= 0.6 is 0 Å². The van der Waals surface area contributed by atoms with E-state index in [2.05, 4.69) is 11.8 Å². The number of piperazine rings is 1. The SMILES string of the molecule is CC.CC.CCN1CCN(S(C)(=O)=O)CC1. The van der Waals surface area contributed by atoms with Crippen molar-refractivity contribution in [2.24, 2.45) is 0 Å². The van der Waals surface area contributed by atoms with E-state index in [0.29, 0.717) is 13.1 Å². The first-order valence-electron chi connectivity index (χ1n) is 6.21.